The number of hydrogen-bond acceptors (Lipinski definition) is 2. The second-order valence-electron chi connectivity index (χ2n) is 4.67. The van der Waals surface area contributed by atoms with Gasteiger partial charge in [-0.05, 0) is 61.9 Å². The molecule has 0 unspecified atom stereocenters. The van der Waals surface area contributed by atoms with Gasteiger partial charge in [-0.15, -0.1) is 0 Å². The van der Waals surface area contributed by atoms with Crippen molar-refractivity contribution in [2.45, 2.75) is 51.5 Å². The van der Waals surface area contributed by atoms with Crippen LogP contribution in [0.3, 0.4) is 0 Å². The zero-order valence-electron chi connectivity index (χ0n) is 10.6. The maximum absolute atomic E-state index is 13.7. The molecule has 0 amide bonds. The lowest BCUT2D eigenvalue weighted by atomic mass is 10.0. The molecule has 1 N–H and O–H groups in total. The van der Waals surface area contributed by atoms with Crippen molar-refractivity contribution in [3.05, 3.63) is 29.1 Å². The number of benzene rings is 1. The third-order valence-corrected chi connectivity index (χ3v) is 3.57. The highest BCUT2D eigenvalue weighted by Crippen LogP contribution is 2.27. The van der Waals surface area contributed by atoms with Crippen LogP contribution in [-0.2, 0) is 0 Å². The monoisotopic (exact) mass is 241 g/mol. The smallest absolute Gasteiger partial charge is 0.127 e. The van der Waals surface area contributed by atoms with E-state index in [-0.39, 0.29) is 11.7 Å². The second kappa shape index (κ2) is 5.69. The van der Waals surface area contributed by atoms with E-state index in [1.807, 2.05) is 26.8 Å². The van der Waals surface area contributed by atoms with Crippen LogP contribution in [0, 0.1) is 12.7 Å². The molecule has 1 nitrogen and oxygen atoms in total. The van der Waals surface area contributed by atoms with E-state index >= 15 is 0 Å². The molecule has 3 heteroatoms. The highest BCUT2D eigenvalue weighted by Gasteiger charge is 2.11. The van der Waals surface area contributed by atoms with Crippen molar-refractivity contribution in [2.24, 2.45) is 0 Å². The Labute approximate surface area is 102 Å². The molecule has 1 aromatic carbocycles. The predicted molar refractivity (Wildman–Crippen MR) is 69.4 cm³/mol. The maximum Gasteiger partial charge on any atom is 0.127 e. The molecule has 90 valence electrons. The van der Waals surface area contributed by atoms with Crippen molar-refractivity contribution in [1.82, 2.24) is 4.72 Å². The van der Waals surface area contributed by atoms with E-state index in [2.05, 4.69) is 18.6 Å². The van der Waals surface area contributed by atoms with Gasteiger partial charge in [0.1, 0.15) is 5.82 Å². The van der Waals surface area contributed by atoms with Gasteiger partial charge in [-0.25, -0.2) is 4.39 Å². The summed E-state index contributed by atoms with van der Waals surface area (Å²) in [5.41, 5.74) is 1.78. The molecule has 0 fully saturated rings. The van der Waals surface area contributed by atoms with Crippen molar-refractivity contribution in [3.63, 3.8) is 0 Å². The maximum atomic E-state index is 13.7. The number of rotatable bonds is 4. The zero-order valence-corrected chi connectivity index (χ0v) is 11.4. The Morgan fingerprint density at radius 1 is 1.19 bits per heavy atom. The Kier molecular flexibility index (Phi) is 4.81. The standard InChI is InChI=1S/C13H20FNS/c1-8(2)11-7-13(16-15-9(3)4)10(5)6-12(11)14/h6-9,15H,1-5H3. The first-order chi connectivity index (χ1) is 7.41. The first-order valence-electron chi connectivity index (χ1n) is 5.64. The van der Waals surface area contributed by atoms with Crippen LogP contribution in [0.25, 0.3) is 0 Å². The SMILES string of the molecule is Cc1cc(F)c(C(C)C)cc1SNC(C)C. The molecule has 0 saturated heterocycles. The normalized spacial score (nSPS) is 11.5. The highest BCUT2D eigenvalue weighted by atomic mass is 32.2. The molecule has 0 aliphatic rings. The molecule has 0 aliphatic carbocycles. The van der Waals surface area contributed by atoms with Gasteiger partial charge in [0, 0.05) is 10.9 Å². The first kappa shape index (κ1) is 13.5. The summed E-state index contributed by atoms with van der Waals surface area (Å²) in [6.45, 7) is 10.2. The van der Waals surface area contributed by atoms with Crippen LogP contribution in [0.4, 0.5) is 4.39 Å². The minimum Gasteiger partial charge on any atom is -0.257 e. The fourth-order valence-electron chi connectivity index (χ4n) is 1.40. The van der Waals surface area contributed by atoms with E-state index in [1.54, 1.807) is 18.0 Å². The van der Waals surface area contributed by atoms with Crippen LogP contribution in [0.15, 0.2) is 17.0 Å². The van der Waals surface area contributed by atoms with Gasteiger partial charge in [0.05, 0.1) is 0 Å². The van der Waals surface area contributed by atoms with Crippen LogP contribution in [0.5, 0.6) is 0 Å². The van der Waals surface area contributed by atoms with Gasteiger partial charge in [-0.2, -0.15) is 0 Å². The van der Waals surface area contributed by atoms with Gasteiger partial charge in [-0.3, -0.25) is 4.72 Å². The predicted octanol–water partition coefficient (Wildman–Crippen LogP) is 4.26. The molecular weight excluding hydrogens is 221 g/mol. The lowest BCUT2D eigenvalue weighted by Crippen LogP contribution is -2.14. The van der Waals surface area contributed by atoms with E-state index in [1.165, 1.54) is 0 Å². The topological polar surface area (TPSA) is 12.0 Å². The molecule has 0 radical (unpaired) electrons. The van der Waals surface area contributed by atoms with Crippen molar-refractivity contribution >= 4 is 11.9 Å². The van der Waals surface area contributed by atoms with Crippen molar-refractivity contribution in [1.29, 1.82) is 0 Å². The minimum absolute atomic E-state index is 0.0959. The van der Waals surface area contributed by atoms with Gasteiger partial charge in [0.2, 0.25) is 0 Å². The molecule has 0 saturated carbocycles. The Hall–Kier alpha value is -0.540. The molecule has 0 bridgehead atoms. The van der Waals surface area contributed by atoms with Crippen LogP contribution >= 0.6 is 11.9 Å². The van der Waals surface area contributed by atoms with Gasteiger partial charge in [0.25, 0.3) is 0 Å². The number of hydrogen-bond donors (Lipinski definition) is 1. The molecule has 0 heterocycles. The molecule has 1 rings (SSSR count). The Balaban J connectivity index is 2.96. The summed E-state index contributed by atoms with van der Waals surface area (Å²) >= 11 is 1.58. The highest BCUT2D eigenvalue weighted by molar-refractivity contribution is 7.97. The average molecular weight is 241 g/mol. The first-order valence-corrected chi connectivity index (χ1v) is 6.46. The largest absolute Gasteiger partial charge is 0.257 e. The van der Waals surface area contributed by atoms with Gasteiger partial charge < -0.3 is 0 Å². The van der Waals surface area contributed by atoms with E-state index in [0.717, 1.165) is 16.0 Å². The Morgan fingerprint density at radius 3 is 2.31 bits per heavy atom. The average Bonchev–Trinajstić information content (AvgIpc) is 2.15. The van der Waals surface area contributed by atoms with Crippen molar-refractivity contribution in [2.75, 3.05) is 0 Å². The van der Waals surface area contributed by atoms with Gasteiger partial charge >= 0.3 is 0 Å². The summed E-state index contributed by atoms with van der Waals surface area (Å²) in [5.74, 6) is 0.125. The fourth-order valence-corrected chi connectivity index (χ4v) is 2.17. The molecule has 0 aliphatic heterocycles. The van der Waals surface area contributed by atoms with Crippen LogP contribution in [0.2, 0.25) is 0 Å². The van der Waals surface area contributed by atoms with Crippen molar-refractivity contribution in [3.8, 4) is 0 Å². The summed E-state index contributed by atoms with van der Waals surface area (Å²) in [6.07, 6.45) is 0. The van der Waals surface area contributed by atoms with E-state index < -0.39 is 0 Å². The van der Waals surface area contributed by atoms with E-state index in [0.29, 0.717) is 6.04 Å². The quantitative estimate of drug-likeness (QED) is 0.790. The Morgan fingerprint density at radius 2 is 1.81 bits per heavy atom. The lowest BCUT2D eigenvalue weighted by molar-refractivity contribution is 0.595. The number of halogens is 1. The molecule has 0 aromatic heterocycles. The van der Waals surface area contributed by atoms with Crippen LogP contribution in [0.1, 0.15) is 44.7 Å². The summed E-state index contributed by atoms with van der Waals surface area (Å²) < 4.78 is 16.9. The molecule has 0 atom stereocenters. The van der Waals surface area contributed by atoms with Crippen molar-refractivity contribution < 1.29 is 4.39 Å². The summed E-state index contributed by atoms with van der Waals surface area (Å²) in [5, 5.41) is 0. The third-order valence-electron chi connectivity index (χ3n) is 2.32. The summed E-state index contributed by atoms with van der Waals surface area (Å²) in [6, 6.07) is 3.99. The van der Waals surface area contributed by atoms with Crippen LogP contribution < -0.4 is 4.72 Å². The zero-order chi connectivity index (χ0) is 12.3. The third kappa shape index (κ3) is 3.49. The van der Waals surface area contributed by atoms with Gasteiger partial charge in [-0.1, -0.05) is 13.8 Å². The second-order valence-corrected chi connectivity index (χ2v) is 5.55. The fraction of sp³-hybridized carbons (Fsp3) is 0.538. The number of nitrogens with one attached hydrogen (secondary N) is 1. The Bertz CT molecular complexity index is 361. The lowest BCUT2D eigenvalue weighted by Gasteiger charge is -2.14. The molecule has 16 heavy (non-hydrogen) atoms. The van der Waals surface area contributed by atoms with Crippen LogP contribution in [-0.4, -0.2) is 6.04 Å². The molecule has 0 spiro atoms. The van der Waals surface area contributed by atoms with Gasteiger partial charge in [0.15, 0.2) is 0 Å². The molecule has 1 aromatic rings. The summed E-state index contributed by atoms with van der Waals surface area (Å²) in [7, 11) is 0. The van der Waals surface area contributed by atoms with E-state index in [4.69, 9.17) is 0 Å². The summed E-state index contributed by atoms with van der Waals surface area (Å²) in [4.78, 5) is 1.11. The minimum atomic E-state index is -0.0959. The van der Waals surface area contributed by atoms with E-state index in [9.17, 15) is 4.39 Å². The molecular formula is C13H20FNS. The number of aryl methyl sites for hydroxylation is 1.